The fourth-order valence-corrected chi connectivity index (χ4v) is 2.87. The van der Waals surface area contributed by atoms with Gasteiger partial charge < -0.3 is 9.47 Å². The highest BCUT2D eigenvalue weighted by atomic mass is 35.5. The first-order valence-corrected chi connectivity index (χ1v) is 8.57. The summed E-state index contributed by atoms with van der Waals surface area (Å²) in [4.78, 5) is 2.32. The second-order valence-electron chi connectivity index (χ2n) is 5.52. The molecule has 2 aromatic rings. The van der Waals surface area contributed by atoms with E-state index in [1.807, 2.05) is 18.2 Å². The fourth-order valence-electron chi connectivity index (χ4n) is 2.57. The molecule has 1 fully saturated rings. The highest BCUT2D eigenvalue weighted by Crippen LogP contribution is 2.28. The molecule has 1 unspecified atom stereocenters. The van der Waals surface area contributed by atoms with E-state index in [4.69, 9.17) is 32.7 Å². The molecule has 3 rings (SSSR count). The first-order valence-electron chi connectivity index (χ1n) is 7.81. The van der Waals surface area contributed by atoms with Crippen molar-refractivity contribution in [3.05, 3.63) is 39.6 Å². The van der Waals surface area contributed by atoms with Crippen molar-refractivity contribution < 1.29 is 9.47 Å². The highest BCUT2D eigenvalue weighted by molar-refractivity contribution is 6.42. The Bertz CT molecular complexity index is 641. The molecule has 7 nitrogen and oxygen atoms in total. The summed E-state index contributed by atoms with van der Waals surface area (Å²) >= 11 is 12.1. The molecule has 24 heavy (non-hydrogen) atoms. The number of hydrogen-bond donors (Lipinski definition) is 1. The van der Waals surface area contributed by atoms with Gasteiger partial charge in [-0.2, -0.15) is 5.21 Å². The minimum absolute atomic E-state index is 0.00727. The van der Waals surface area contributed by atoms with Gasteiger partial charge in [0.15, 0.2) is 5.82 Å². The fraction of sp³-hybridized carbons (Fsp3) is 0.533. The van der Waals surface area contributed by atoms with E-state index >= 15 is 0 Å². The number of aromatic nitrogens is 4. The molecule has 9 heteroatoms. The Morgan fingerprint density at radius 2 is 2.21 bits per heavy atom. The Kier molecular flexibility index (Phi) is 6.39. The number of morpholine rings is 1. The Hall–Kier alpha value is -1.25. The van der Waals surface area contributed by atoms with Gasteiger partial charge in [0.2, 0.25) is 0 Å². The molecule has 1 aromatic carbocycles. The van der Waals surface area contributed by atoms with Crippen LogP contribution in [0.3, 0.4) is 0 Å². The van der Waals surface area contributed by atoms with Gasteiger partial charge in [-0.3, -0.25) is 4.90 Å². The summed E-state index contributed by atoms with van der Waals surface area (Å²) < 4.78 is 11.5. The van der Waals surface area contributed by atoms with Crippen LogP contribution in [0, 0.1) is 0 Å². The Morgan fingerprint density at radius 1 is 1.29 bits per heavy atom. The number of rotatable bonds is 7. The molecule has 0 aliphatic carbocycles. The van der Waals surface area contributed by atoms with Crippen LogP contribution in [-0.2, 0) is 15.9 Å². The zero-order valence-electron chi connectivity index (χ0n) is 13.1. The molecule has 0 radical (unpaired) electrons. The molecule has 130 valence electrons. The van der Waals surface area contributed by atoms with Gasteiger partial charge in [-0.25, -0.2) is 0 Å². The van der Waals surface area contributed by atoms with Crippen molar-refractivity contribution in [2.75, 3.05) is 39.5 Å². The third-order valence-corrected chi connectivity index (χ3v) is 4.62. The number of H-pyrrole nitrogens is 1. The van der Waals surface area contributed by atoms with Crippen LogP contribution in [0.15, 0.2) is 18.2 Å². The van der Waals surface area contributed by atoms with Crippen molar-refractivity contribution in [2.24, 2.45) is 0 Å². The van der Waals surface area contributed by atoms with Crippen LogP contribution in [-0.4, -0.2) is 65.0 Å². The summed E-state index contributed by atoms with van der Waals surface area (Å²) in [5.41, 5.74) is 1.05. The molecule has 0 bridgehead atoms. The minimum atomic E-state index is 0.00727. The SMILES string of the molecule is Clc1ccc(C2CN(CCOCCc3nn[nH]n3)CCO2)cc1Cl. The number of hydrogen-bond acceptors (Lipinski definition) is 6. The Labute approximate surface area is 150 Å². The maximum atomic E-state index is 6.09. The topological polar surface area (TPSA) is 76.2 Å². The van der Waals surface area contributed by atoms with Crippen LogP contribution < -0.4 is 0 Å². The summed E-state index contributed by atoms with van der Waals surface area (Å²) in [5.74, 6) is 0.668. The van der Waals surface area contributed by atoms with Crippen LogP contribution in [0.1, 0.15) is 17.5 Å². The van der Waals surface area contributed by atoms with E-state index in [0.717, 1.165) is 25.2 Å². The number of aromatic amines is 1. The van der Waals surface area contributed by atoms with Crippen molar-refractivity contribution in [2.45, 2.75) is 12.5 Å². The molecule has 0 amide bonds. The smallest absolute Gasteiger partial charge is 0.176 e. The summed E-state index contributed by atoms with van der Waals surface area (Å²) in [6.45, 7) is 4.49. The number of halogens is 2. The predicted octanol–water partition coefficient (Wildman–Crippen LogP) is 2.14. The number of ether oxygens (including phenoxy) is 2. The van der Waals surface area contributed by atoms with E-state index in [1.54, 1.807) is 0 Å². The monoisotopic (exact) mass is 371 g/mol. The van der Waals surface area contributed by atoms with Crippen LogP contribution >= 0.6 is 23.2 Å². The van der Waals surface area contributed by atoms with Crippen LogP contribution in [0.5, 0.6) is 0 Å². The van der Waals surface area contributed by atoms with Crippen molar-refractivity contribution in [3.63, 3.8) is 0 Å². The maximum Gasteiger partial charge on any atom is 0.176 e. The quantitative estimate of drug-likeness (QED) is 0.751. The molecular weight excluding hydrogens is 353 g/mol. The Balaban J connectivity index is 1.41. The summed E-state index contributed by atoms with van der Waals surface area (Å²) in [6, 6.07) is 5.64. The molecular formula is C15H19Cl2N5O2. The van der Waals surface area contributed by atoms with Crippen molar-refractivity contribution in [3.8, 4) is 0 Å². The lowest BCUT2D eigenvalue weighted by Gasteiger charge is -2.33. The highest BCUT2D eigenvalue weighted by Gasteiger charge is 2.22. The molecule has 2 heterocycles. The largest absolute Gasteiger partial charge is 0.380 e. The minimum Gasteiger partial charge on any atom is -0.380 e. The third kappa shape index (κ3) is 4.87. The summed E-state index contributed by atoms with van der Waals surface area (Å²) in [7, 11) is 0. The van der Waals surface area contributed by atoms with Crippen LogP contribution in [0.25, 0.3) is 0 Å². The molecule has 1 saturated heterocycles. The molecule has 1 atom stereocenters. The first kappa shape index (κ1) is 17.6. The average molecular weight is 372 g/mol. The number of tetrazole rings is 1. The van der Waals surface area contributed by atoms with Crippen molar-refractivity contribution >= 4 is 23.2 Å². The predicted molar refractivity (Wildman–Crippen MR) is 90.3 cm³/mol. The van der Waals surface area contributed by atoms with E-state index in [1.165, 1.54) is 0 Å². The van der Waals surface area contributed by atoms with E-state index < -0.39 is 0 Å². The van der Waals surface area contributed by atoms with Gasteiger partial charge in [-0.15, -0.1) is 10.2 Å². The standard InChI is InChI=1S/C15H19Cl2N5O2/c16-12-2-1-11(9-13(12)17)14-10-22(5-8-24-14)4-7-23-6-3-15-18-20-21-19-15/h1-2,9,14H,3-8,10H2,(H,18,19,20,21). The zero-order valence-corrected chi connectivity index (χ0v) is 14.6. The second kappa shape index (κ2) is 8.73. The molecule has 0 saturated carbocycles. The van der Waals surface area contributed by atoms with Crippen LogP contribution in [0.4, 0.5) is 0 Å². The Morgan fingerprint density at radius 3 is 3.00 bits per heavy atom. The first-order chi connectivity index (χ1) is 11.7. The molecule has 1 aliphatic heterocycles. The number of benzene rings is 1. The van der Waals surface area contributed by atoms with E-state index in [2.05, 4.69) is 25.5 Å². The van der Waals surface area contributed by atoms with Gasteiger partial charge in [0.05, 0.1) is 36.0 Å². The van der Waals surface area contributed by atoms with Crippen LogP contribution in [0.2, 0.25) is 10.0 Å². The molecule has 1 aliphatic rings. The van der Waals surface area contributed by atoms with Gasteiger partial charge in [-0.05, 0) is 17.7 Å². The van der Waals surface area contributed by atoms with E-state index in [9.17, 15) is 0 Å². The lowest BCUT2D eigenvalue weighted by atomic mass is 10.1. The van der Waals surface area contributed by atoms with Gasteiger partial charge in [0.25, 0.3) is 0 Å². The molecule has 1 N–H and O–H groups in total. The second-order valence-corrected chi connectivity index (χ2v) is 6.34. The molecule has 1 aromatic heterocycles. The van der Waals surface area contributed by atoms with Crippen molar-refractivity contribution in [1.29, 1.82) is 0 Å². The lowest BCUT2D eigenvalue weighted by molar-refractivity contribution is -0.0376. The van der Waals surface area contributed by atoms with Gasteiger partial charge >= 0.3 is 0 Å². The normalized spacial score (nSPS) is 18.8. The van der Waals surface area contributed by atoms with Gasteiger partial charge in [0.1, 0.15) is 0 Å². The maximum absolute atomic E-state index is 6.09. The zero-order chi connectivity index (χ0) is 16.8. The van der Waals surface area contributed by atoms with Gasteiger partial charge in [0, 0.05) is 26.1 Å². The molecule has 0 spiro atoms. The summed E-state index contributed by atoms with van der Waals surface area (Å²) in [5, 5.41) is 14.8. The number of nitrogens with one attached hydrogen (secondary N) is 1. The van der Waals surface area contributed by atoms with E-state index in [-0.39, 0.29) is 6.10 Å². The third-order valence-electron chi connectivity index (χ3n) is 3.88. The summed E-state index contributed by atoms with van der Waals surface area (Å²) in [6.07, 6.45) is 0.666. The van der Waals surface area contributed by atoms with Gasteiger partial charge in [-0.1, -0.05) is 34.5 Å². The van der Waals surface area contributed by atoms with E-state index in [0.29, 0.717) is 42.1 Å². The average Bonchev–Trinajstić information content (AvgIpc) is 3.11. The lowest BCUT2D eigenvalue weighted by Crippen LogP contribution is -2.40. The van der Waals surface area contributed by atoms with Crippen molar-refractivity contribution in [1.82, 2.24) is 25.5 Å². The number of nitrogens with zero attached hydrogens (tertiary/aromatic N) is 4.